The van der Waals surface area contributed by atoms with Crippen LogP contribution in [0.4, 0.5) is 4.79 Å². The van der Waals surface area contributed by atoms with Crippen LogP contribution in [-0.4, -0.2) is 60.1 Å². The third-order valence-corrected chi connectivity index (χ3v) is 6.14. The van der Waals surface area contributed by atoms with Crippen molar-refractivity contribution in [2.45, 2.75) is 72.1 Å². The molecule has 2 aromatic carbocycles. The Hall–Kier alpha value is -4.39. The van der Waals surface area contributed by atoms with Crippen molar-refractivity contribution in [1.82, 2.24) is 15.5 Å². The van der Waals surface area contributed by atoms with Gasteiger partial charge < -0.3 is 25.0 Å². The van der Waals surface area contributed by atoms with Gasteiger partial charge in [-0.3, -0.25) is 14.4 Å². The predicted octanol–water partition coefficient (Wildman–Crippen LogP) is 3.90. The third-order valence-electron chi connectivity index (χ3n) is 6.14. The number of rotatable bonds is 12. The highest BCUT2D eigenvalue weighted by Gasteiger charge is 2.36. The van der Waals surface area contributed by atoms with Gasteiger partial charge >= 0.3 is 12.1 Å². The smallest absolute Gasteiger partial charge is 0.408 e. The number of ether oxygens (including phenoxy) is 2. The molecule has 2 atom stereocenters. The van der Waals surface area contributed by atoms with Gasteiger partial charge in [-0.1, -0.05) is 48.5 Å². The van der Waals surface area contributed by atoms with Gasteiger partial charge in [0.05, 0.1) is 19.1 Å². The zero-order chi connectivity index (χ0) is 30.6. The molecule has 41 heavy (non-hydrogen) atoms. The average Bonchev–Trinajstić information content (AvgIpc) is 2.89. The molecule has 0 spiro atoms. The first-order valence-corrected chi connectivity index (χ1v) is 13.6. The summed E-state index contributed by atoms with van der Waals surface area (Å²) in [7, 11) is 0. The molecule has 0 aromatic heterocycles. The number of amides is 3. The molecule has 3 amide bonds. The molecule has 220 valence electrons. The number of benzene rings is 2. The Morgan fingerprint density at radius 2 is 1.71 bits per heavy atom. The Morgan fingerprint density at radius 1 is 1.02 bits per heavy atom. The summed E-state index contributed by atoms with van der Waals surface area (Å²) in [6, 6.07) is 14.1. The number of aryl methyl sites for hydroxylation is 2. The van der Waals surface area contributed by atoms with E-state index in [1.807, 2.05) is 56.3 Å². The molecular formula is C31H40N4O6. The van der Waals surface area contributed by atoms with E-state index in [4.69, 9.17) is 9.47 Å². The fourth-order valence-corrected chi connectivity index (χ4v) is 4.10. The second-order valence-electron chi connectivity index (χ2n) is 10.6. The largest absolute Gasteiger partial charge is 0.466 e. The fraction of sp³-hybridized carbons (Fsp3) is 0.452. The molecule has 2 unspecified atom stereocenters. The van der Waals surface area contributed by atoms with Crippen molar-refractivity contribution in [3.05, 3.63) is 70.8 Å². The normalized spacial score (nSPS) is 12.3. The number of nitrogens with one attached hydrogen (secondary N) is 2. The number of carbonyl (C=O) groups excluding carboxylic acids is 4. The van der Waals surface area contributed by atoms with E-state index < -0.39 is 48.1 Å². The van der Waals surface area contributed by atoms with Gasteiger partial charge in [-0.15, -0.1) is 0 Å². The minimum absolute atomic E-state index is 0.0167. The van der Waals surface area contributed by atoms with Gasteiger partial charge in [0.2, 0.25) is 11.8 Å². The molecule has 2 aromatic rings. The molecule has 0 radical (unpaired) electrons. The summed E-state index contributed by atoms with van der Waals surface area (Å²) >= 11 is 0. The second kappa shape index (κ2) is 15.4. The molecule has 0 saturated carbocycles. The standard InChI is InChI=1S/C31H40N4O6/c1-7-40-26(36)15-17-33-28(37)27(24-14-13-21(2)22(3)19-24)35(18-16-32)29(38)25(20-23-11-9-8-10-12-23)34-30(39)41-31(4,5)6/h8-14,19,25,27H,7,15,17-18,20H2,1-6H3,(H,33,37)(H,34,39). The summed E-state index contributed by atoms with van der Waals surface area (Å²) in [4.78, 5) is 53.5. The SMILES string of the molecule is CCOC(=O)CCNC(=O)C(c1ccc(C)c(C)c1)N(CC#N)C(=O)C(Cc1ccccc1)NC(=O)OC(C)(C)C. The molecule has 0 fully saturated rings. The number of carbonyl (C=O) groups is 4. The Kier molecular flexibility index (Phi) is 12.3. The lowest BCUT2D eigenvalue weighted by Gasteiger charge is -2.33. The van der Waals surface area contributed by atoms with E-state index in [9.17, 15) is 24.4 Å². The number of hydrogen-bond donors (Lipinski definition) is 2. The molecule has 10 heteroatoms. The average molecular weight is 565 g/mol. The Morgan fingerprint density at radius 3 is 2.29 bits per heavy atom. The maximum Gasteiger partial charge on any atom is 0.408 e. The van der Waals surface area contributed by atoms with Crippen LogP contribution in [0, 0.1) is 25.2 Å². The summed E-state index contributed by atoms with van der Waals surface area (Å²) < 4.78 is 10.3. The number of nitriles is 1. The Balaban J connectivity index is 2.49. The van der Waals surface area contributed by atoms with Crippen LogP contribution in [0.2, 0.25) is 0 Å². The van der Waals surface area contributed by atoms with Crippen LogP contribution in [0.5, 0.6) is 0 Å². The monoisotopic (exact) mass is 564 g/mol. The van der Waals surface area contributed by atoms with E-state index in [1.54, 1.807) is 39.8 Å². The molecule has 2 rings (SSSR count). The highest BCUT2D eigenvalue weighted by molar-refractivity contribution is 5.92. The number of hydrogen-bond acceptors (Lipinski definition) is 7. The summed E-state index contributed by atoms with van der Waals surface area (Å²) in [5.74, 6) is -1.67. The summed E-state index contributed by atoms with van der Waals surface area (Å²) in [5, 5.41) is 15.1. The van der Waals surface area contributed by atoms with Crippen molar-refractivity contribution in [2.24, 2.45) is 0 Å². The zero-order valence-corrected chi connectivity index (χ0v) is 24.7. The van der Waals surface area contributed by atoms with Crippen molar-refractivity contribution in [3.8, 4) is 6.07 Å². The fourth-order valence-electron chi connectivity index (χ4n) is 4.10. The molecule has 2 N–H and O–H groups in total. The van der Waals surface area contributed by atoms with Gasteiger partial charge in [0.25, 0.3) is 0 Å². The number of nitrogens with zero attached hydrogens (tertiary/aromatic N) is 2. The van der Waals surface area contributed by atoms with Gasteiger partial charge in [-0.05, 0) is 63.8 Å². The lowest BCUT2D eigenvalue weighted by molar-refractivity contribution is -0.144. The Labute approximate surface area is 242 Å². The first-order valence-electron chi connectivity index (χ1n) is 13.6. The molecule has 0 aliphatic carbocycles. The van der Waals surface area contributed by atoms with Gasteiger partial charge in [-0.2, -0.15) is 5.26 Å². The van der Waals surface area contributed by atoms with Crippen LogP contribution >= 0.6 is 0 Å². The molecule has 0 aliphatic rings. The number of alkyl carbamates (subject to hydrolysis) is 1. The van der Waals surface area contributed by atoms with Gasteiger partial charge in [-0.25, -0.2) is 4.79 Å². The van der Waals surface area contributed by atoms with Crippen LogP contribution in [0.3, 0.4) is 0 Å². The molecule has 0 heterocycles. The van der Waals surface area contributed by atoms with Gasteiger partial charge in [0, 0.05) is 13.0 Å². The van der Waals surface area contributed by atoms with Crippen molar-refractivity contribution in [3.63, 3.8) is 0 Å². The van der Waals surface area contributed by atoms with Crippen LogP contribution in [0.25, 0.3) is 0 Å². The van der Waals surface area contributed by atoms with E-state index in [1.165, 1.54) is 0 Å². The quantitative estimate of drug-likeness (QED) is 0.295. The van der Waals surface area contributed by atoms with Crippen LogP contribution in [-0.2, 0) is 30.3 Å². The minimum Gasteiger partial charge on any atom is -0.466 e. The highest BCUT2D eigenvalue weighted by Crippen LogP contribution is 2.25. The summed E-state index contributed by atoms with van der Waals surface area (Å²) in [6.45, 7) is 10.4. The van der Waals surface area contributed by atoms with Crippen molar-refractivity contribution in [1.29, 1.82) is 5.26 Å². The molecule has 0 saturated heterocycles. The van der Waals surface area contributed by atoms with E-state index in [2.05, 4.69) is 10.6 Å². The van der Waals surface area contributed by atoms with E-state index in [0.717, 1.165) is 21.6 Å². The van der Waals surface area contributed by atoms with Crippen molar-refractivity contribution in [2.75, 3.05) is 19.7 Å². The maximum absolute atomic E-state index is 14.1. The van der Waals surface area contributed by atoms with Crippen LogP contribution < -0.4 is 10.6 Å². The second-order valence-corrected chi connectivity index (χ2v) is 10.6. The molecule has 10 nitrogen and oxygen atoms in total. The number of esters is 1. The zero-order valence-electron chi connectivity index (χ0n) is 24.7. The molecule has 0 aliphatic heterocycles. The first-order chi connectivity index (χ1) is 19.4. The van der Waals surface area contributed by atoms with Crippen molar-refractivity contribution < 1.29 is 28.7 Å². The molecular weight excluding hydrogens is 524 g/mol. The topological polar surface area (TPSA) is 138 Å². The van der Waals surface area contributed by atoms with Crippen LogP contribution in [0.15, 0.2) is 48.5 Å². The lowest BCUT2D eigenvalue weighted by Crippen LogP contribution is -2.54. The minimum atomic E-state index is -1.21. The lowest BCUT2D eigenvalue weighted by atomic mass is 9.97. The maximum atomic E-state index is 14.1. The van der Waals surface area contributed by atoms with E-state index in [0.29, 0.717) is 5.56 Å². The van der Waals surface area contributed by atoms with Crippen LogP contribution in [0.1, 0.15) is 62.4 Å². The molecule has 0 bridgehead atoms. The first kappa shape index (κ1) is 32.8. The van der Waals surface area contributed by atoms with E-state index in [-0.39, 0.29) is 26.0 Å². The summed E-state index contributed by atoms with van der Waals surface area (Å²) in [6.07, 6.45) is -0.752. The predicted molar refractivity (Wildman–Crippen MR) is 154 cm³/mol. The summed E-state index contributed by atoms with van der Waals surface area (Å²) in [5.41, 5.74) is 2.32. The van der Waals surface area contributed by atoms with Crippen molar-refractivity contribution >= 4 is 23.9 Å². The highest BCUT2D eigenvalue weighted by atomic mass is 16.6. The van der Waals surface area contributed by atoms with Gasteiger partial charge in [0.1, 0.15) is 24.2 Å². The third kappa shape index (κ3) is 10.6. The Bertz CT molecular complexity index is 1250. The van der Waals surface area contributed by atoms with E-state index >= 15 is 0 Å². The van der Waals surface area contributed by atoms with Gasteiger partial charge in [0.15, 0.2) is 0 Å².